The largest absolute Gasteiger partial charge is 0.491 e. The maximum absolute atomic E-state index is 12.2. The van der Waals surface area contributed by atoms with E-state index in [0.29, 0.717) is 29.5 Å². The van der Waals surface area contributed by atoms with Gasteiger partial charge in [-0.1, -0.05) is 31.2 Å². The summed E-state index contributed by atoms with van der Waals surface area (Å²) in [4.78, 5) is 12.2. The Bertz CT molecular complexity index is 596. The van der Waals surface area contributed by atoms with Crippen molar-refractivity contribution in [2.45, 2.75) is 19.2 Å². The average Bonchev–Trinajstić information content (AvgIpc) is 2.54. The highest BCUT2D eigenvalue weighted by Crippen LogP contribution is 2.24. The first kappa shape index (κ1) is 15.4. The molecule has 0 atom stereocenters. The number of amides is 1. The van der Waals surface area contributed by atoms with E-state index in [1.54, 1.807) is 12.1 Å². The number of alkyl halides is 1. The molecule has 110 valence electrons. The summed E-state index contributed by atoms with van der Waals surface area (Å²) in [6, 6.07) is 14.7. The second-order valence-electron chi connectivity index (χ2n) is 4.63. The summed E-state index contributed by atoms with van der Waals surface area (Å²) >= 11 is 5.74. The molecule has 0 aliphatic heterocycles. The van der Waals surface area contributed by atoms with Crippen LogP contribution in [-0.2, 0) is 5.88 Å². The molecule has 0 saturated heterocycles. The summed E-state index contributed by atoms with van der Waals surface area (Å²) in [6.07, 6.45) is 0.919. The molecule has 0 bridgehead atoms. The Morgan fingerprint density at radius 2 is 1.86 bits per heavy atom. The van der Waals surface area contributed by atoms with Crippen molar-refractivity contribution in [3.63, 3.8) is 0 Å². The number of hydrogen-bond donors (Lipinski definition) is 1. The third kappa shape index (κ3) is 4.23. The van der Waals surface area contributed by atoms with Gasteiger partial charge in [-0.05, 0) is 36.2 Å². The molecule has 0 aliphatic carbocycles. The number of rotatable bonds is 6. The maximum Gasteiger partial charge on any atom is 0.255 e. The normalized spacial score (nSPS) is 10.2. The lowest BCUT2D eigenvalue weighted by molar-refractivity contribution is 0.102. The Morgan fingerprint density at radius 1 is 1.14 bits per heavy atom. The number of carbonyl (C=O) groups is 1. The summed E-state index contributed by atoms with van der Waals surface area (Å²) in [5.74, 6) is 0.962. The lowest BCUT2D eigenvalue weighted by Crippen LogP contribution is -2.13. The highest BCUT2D eigenvalue weighted by Gasteiger charge is 2.09. The van der Waals surface area contributed by atoms with Gasteiger partial charge in [0.25, 0.3) is 5.91 Å². The van der Waals surface area contributed by atoms with Crippen LogP contribution in [0.5, 0.6) is 5.75 Å². The van der Waals surface area contributed by atoms with Crippen molar-refractivity contribution in [1.29, 1.82) is 0 Å². The van der Waals surface area contributed by atoms with E-state index in [9.17, 15) is 4.79 Å². The zero-order valence-corrected chi connectivity index (χ0v) is 12.7. The molecule has 0 spiro atoms. The monoisotopic (exact) mass is 303 g/mol. The van der Waals surface area contributed by atoms with Crippen molar-refractivity contribution < 1.29 is 9.53 Å². The molecule has 2 aromatic rings. The molecule has 2 rings (SSSR count). The minimum Gasteiger partial charge on any atom is -0.491 e. The van der Waals surface area contributed by atoms with Crippen LogP contribution in [-0.4, -0.2) is 12.5 Å². The van der Waals surface area contributed by atoms with Gasteiger partial charge < -0.3 is 10.1 Å². The summed E-state index contributed by atoms with van der Waals surface area (Å²) in [5, 5.41) is 2.88. The third-order valence-electron chi connectivity index (χ3n) is 2.97. The van der Waals surface area contributed by atoms with Gasteiger partial charge in [0, 0.05) is 11.4 Å². The first-order chi connectivity index (χ1) is 10.2. The molecule has 0 saturated carbocycles. The van der Waals surface area contributed by atoms with Crippen molar-refractivity contribution in [3.8, 4) is 5.75 Å². The lowest BCUT2D eigenvalue weighted by Gasteiger charge is -2.12. The lowest BCUT2D eigenvalue weighted by atomic mass is 10.1. The zero-order chi connectivity index (χ0) is 15.1. The van der Waals surface area contributed by atoms with E-state index < -0.39 is 0 Å². The van der Waals surface area contributed by atoms with Gasteiger partial charge in [-0.15, -0.1) is 11.6 Å². The highest BCUT2D eigenvalue weighted by atomic mass is 35.5. The number of hydrogen-bond acceptors (Lipinski definition) is 2. The van der Waals surface area contributed by atoms with E-state index in [4.69, 9.17) is 16.3 Å². The molecule has 1 amide bonds. The van der Waals surface area contributed by atoms with Crippen molar-refractivity contribution in [2.24, 2.45) is 0 Å². The second-order valence-corrected chi connectivity index (χ2v) is 4.90. The molecule has 2 aromatic carbocycles. The summed E-state index contributed by atoms with van der Waals surface area (Å²) in [7, 11) is 0. The molecule has 3 nitrogen and oxygen atoms in total. The molecule has 0 heterocycles. The van der Waals surface area contributed by atoms with Gasteiger partial charge in [-0.3, -0.25) is 4.79 Å². The van der Waals surface area contributed by atoms with Crippen LogP contribution < -0.4 is 10.1 Å². The van der Waals surface area contributed by atoms with Gasteiger partial charge >= 0.3 is 0 Å². The van der Waals surface area contributed by atoms with Gasteiger partial charge in [0.1, 0.15) is 5.75 Å². The van der Waals surface area contributed by atoms with Crippen LogP contribution in [0.2, 0.25) is 0 Å². The number of nitrogens with one attached hydrogen (secondary N) is 1. The molecular formula is C17H18ClNO2. The smallest absolute Gasteiger partial charge is 0.255 e. The van der Waals surface area contributed by atoms with Gasteiger partial charge in [0.05, 0.1) is 12.3 Å². The molecule has 21 heavy (non-hydrogen) atoms. The minimum absolute atomic E-state index is 0.163. The summed E-state index contributed by atoms with van der Waals surface area (Å²) in [5.41, 5.74) is 2.26. The van der Waals surface area contributed by atoms with Crippen molar-refractivity contribution in [1.82, 2.24) is 0 Å². The quantitative estimate of drug-likeness (QED) is 0.800. The molecule has 0 fully saturated rings. The Labute approximate surface area is 129 Å². The first-order valence-corrected chi connectivity index (χ1v) is 7.46. The maximum atomic E-state index is 12.2. The first-order valence-electron chi connectivity index (χ1n) is 6.92. The van der Waals surface area contributed by atoms with Gasteiger partial charge in [0.2, 0.25) is 0 Å². The average molecular weight is 304 g/mol. The Kier molecular flexibility index (Phi) is 5.64. The number of para-hydroxylation sites is 2. The molecule has 0 unspecified atom stereocenters. The van der Waals surface area contributed by atoms with E-state index in [0.717, 1.165) is 12.0 Å². The number of anilines is 1. The van der Waals surface area contributed by atoms with Crippen LogP contribution in [0.3, 0.4) is 0 Å². The van der Waals surface area contributed by atoms with Gasteiger partial charge in [0.15, 0.2) is 0 Å². The molecule has 4 heteroatoms. The standard InChI is InChI=1S/C17H18ClNO2/c1-2-11-21-16-6-4-3-5-15(16)19-17(20)14-9-7-13(12-18)8-10-14/h3-10H,2,11-12H2,1H3,(H,19,20). The topological polar surface area (TPSA) is 38.3 Å². The van der Waals surface area contributed by atoms with Crippen molar-refractivity contribution in [3.05, 3.63) is 59.7 Å². The van der Waals surface area contributed by atoms with Crippen LogP contribution >= 0.6 is 11.6 Å². The Hall–Kier alpha value is -2.00. The minimum atomic E-state index is -0.163. The predicted molar refractivity (Wildman–Crippen MR) is 86.2 cm³/mol. The number of halogens is 1. The second kappa shape index (κ2) is 7.70. The molecule has 1 N–H and O–H groups in total. The molecule has 0 aliphatic rings. The van der Waals surface area contributed by atoms with E-state index in [1.807, 2.05) is 43.3 Å². The van der Waals surface area contributed by atoms with E-state index in [1.165, 1.54) is 0 Å². The van der Waals surface area contributed by atoms with E-state index >= 15 is 0 Å². The molecular weight excluding hydrogens is 286 g/mol. The SMILES string of the molecule is CCCOc1ccccc1NC(=O)c1ccc(CCl)cc1. The fourth-order valence-corrected chi connectivity index (χ4v) is 2.03. The Morgan fingerprint density at radius 3 is 2.52 bits per heavy atom. The number of ether oxygens (including phenoxy) is 1. The fourth-order valence-electron chi connectivity index (χ4n) is 1.85. The third-order valence-corrected chi connectivity index (χ3v) is 3.28. The Balaban J connectivity index is 2.11. The summed E-state index contributed by atoms with van der Waals surface area (Å²) < 4.78 is 5.63. The number of carbonyl (C=O) groups excluding carboxylic acids is 1. The van der Waals surface area contributed by atoms with Crippen LogP contribution in [0.1, 0.15) is 29.3 Å². The summed E-state index contributed by atoms with van der Waals surface area (Å²) in [6.45, 7) is 2.66. The molecule has 0 radical (unpaired) electrons. The van der Waals surface area contributed by atoms with E-state index in [-0.39, 0.29) is 5.91 Å². The van der Waals surface area contributed by atoms with Gasteiger partial charge in [-0.2, -0.15) is 0 Å². The van der Waals surface area contributed by atoms with E-state index in [2.05, 4.69) is 5.32 Å². The fraction of sp³-hybridized carbons (Fsp3) is 0.235. The zero-order valence-electron chi connectivity index (χ0n) is 11.9. The number of benzene rings is 2. The van der Waals surface area contributed by atoms with Gasteiger partial charge in [-0.25, -0.2) is 0 Å². The highest BCUT2D eigenvalue weighted by molar-refractivity contribution is 6.17. The molecule has 0 aromatic heterocycles. The van der Waals surface area contributed by atoms with Crippen LogP contribution in [0, 0.1) is 0 Å². The van der Waals surface area contributed by atoms with Crippen LogP contribution in [0.25, 0.3) is 0 Å². The van der Waals surface area contributed by atoms with Crippen LogP contribution in [0.15, 0.2) is 48.5 Å². The van der Waals surface area contributed by atoms with Crippen molar-refractivity contribution in [2.75, 3.05) is 11.9 Å². The van der Waals surface area contributed by atoms with Crippen molar-refractivity contribution >= 4 is 23.2 Å². The van der Waals surface area contributed by atoms with Crippen LogP contribution in [0.4, 0.5) is 5.69 Å². The predicted octanol–water partition coefficient (Wildman–Crippen LogP) is 4.47.